The van der Waals surface area contributed by atoms with E-state index in [1.54, 1.807) is 44.3 Å². The van der Waals surface area contributed by atoms with Crippen LogP contribution in [0.15, 0.2) is 77.9 Å². The Labute approximate surface area is 241 Å². The van der Waals surface area contributed by atoms with Crippen molar-refractivity contribution in [3.8, 4) is 28.7 Å². The van der Waals surface area contributed by atoms with E-state index in [9.17, 15) is 9.90 Å². The van der Waals surface area contributed by atoms with E-state index in [2.05, 4.69) is 55.0 Å². The fourth-order valence-electron chi connectivity index (χ4n) is 4.17. The van der Waals surface area contributed by atoms with E-state index in [0.717, 1.165) is 28.0 Å². The zero-order valence-electron chi connectivity index (χ0n) is 23.9. The van der Waals surface area contributed by atoms with Gasteiger partial charge in [0.25, 0.3) is 0 Å². The monoisotopic (exact) mass is 558 g/mol. The lowest BCUT2D eigenvalue weighted by Gasteiger charge is -2.17. The molecule has 1 heterocycles. The van der Waals surface area contributed by atoms with Gasteiger partial charge in [-0.25, -0.2) is 0 Å². The topological polar surface area (TPSA) is 76.0 Å². The second-order valence-corrected chi connectivity index (χ2v) is 11.3. The molecule has 1 atom stereocenters. The minimum absolute atomic E-state index is 0.0401. The lowest BCUT2D eigenvalue weighted by molar-refractivity contribution is -0.137. The zero-order valence-corrected chi connectivity index (χ0v) is 24.7. The fraction of sp³-hybridized carbons (Fsp3) is 0.324. The molecule has 3 aromatic rings. The normalized spacial score (nSPS) is 12.9. The number of aliphatic hydroxyl groups is 1. The van der Waals surface area contributed by atoms with E-state index >= 15 is 0 Å². The molecule has 0 aliphatic heterocycles. The van der Waals surface area contributed by atoms with Crippen molar-refractivity contribution >= 4 is 27.4 Å². The molecular weight excluding hydrogens is 520 g/mol. The van der Waals surface area contributed by atoms with Gasteiger partial charge in [0.15, 0.2) is 0 Å². The lowest BCUT2D eigenvalue weighted by atomic mass is 9.97. The van der Waals surface area contributed by atoms with Crippen LogP contribution in [0.5, 0.6) is 5.75 Å². The minimum atomic E-state index is -0.880. The number of aliphatic carboxylic acids is 1. The molecule has 0 aliphatic rings. The van der Waals surface area contributed by atoms with Crippen LogP contribution in [-0.4, -0.2) is 28.4 Å². The summed E-state index contributed by atoms with van der Waals surface area (Å²) >= 11 is 1.71. The van der Waals surface area contributed by atoms with E-state index in [1.165, 1.54) is 15.6 Å². The molecular formula is C34H38O5S. The van der Waals surface area contributed by atoms with Gasteiger partial charge in [-0.2, -0.15) is 0 Å². The van der Waals surface area contributed by atoms with Gasteiger partial charge in [0.1, 0.15) is 18.1 Å². The molecule has 0 radical (unpaired) electrons. The quantitative estimate of drug-likeness (QED) is 0.126. The van der Waals surface area contributed by atoms with E-state index < -0.39 is 11.6 Å². The third-order valence-electron chi connectivity index (χ3n) is 6.47. The summed E-state index contributed by atoms with van der Waals surface area (Å²) in [5.41, 5.74) is 4.58. The summed E-state index contributed by atoms with van der Waals surface area (Å²) in [7, 11) is 0. The Balaban J connectivity index is 1.76. The Bertz CT molecular complexity index is 1470. The molecule has 3 rings (SSSR count). The molecule has 0 saturated heterocycles. The van der Waals surface area contributed by atoms with Gasteiger partial charge in [-0.1, -0.05) is 36.3 Å². The molecule has 0 bridgehead atoms. The number of ether oxygens (including phenoxy) is 2. The van der Waals surface area contributed by atoms with Gasteiger partial charge < -0.3 is 19.7 Å². The molecule has 2 aromatic carbocycles. The van der Waals surface area contributed by atoms with Crippen LogP contribution in [0.2, 0.25) is 0 Å². The van der Waals surface area contributed by atoms with Crippen LogP contribution >= 0.6 is 11.3 Å². The van der Waals surface area contributed by atoms with Gasteiger partial charge in [0, 0.05) is 22.1 Å². The molecule has 0 fully saturated rings. The Morgan fingerprint density at radius 1 is 1.18 bits per heavy atom. The zero-order chi connectivity index (χ0) is 29.3. The number of fused-ring (bicyclic) bond motifs is 1. The molecule has 0 amide bonds. The number of carboxylic acid groups (broad SMARTS) is 1. The van der Waals surface area contributed by atoms with Crippen LogP contribution in [0.4, 0.5) is 0 Å². The number of benzene rings is 2. The first-order valence-corrected chi connectivity index (χ1v) is 14.1. The number of allylic oxidation sites excluding steroid dienone is 4. The van der Waals surface area contributed by atoms with Gasteiger partial charge in [0.2, 0.25) is 0 Å². The van der Waals surface area contributed by atoms with Crippen molar-refractivity contribution in [3.05, 3.63) is 89.0 Å². The molecule has 0 aliphatic carbocycles. The summed E-state index contributed by atoms with van der Waals surface area (Å²) in [5.74, 6) is 5.93. The number of carbonyl (C=O) groups is 1. The summed E-state index contributed by atoms with van der Waals surface area (Å²) in [4.78, 5) is 11.2. The summed E-state index contributed by atoms with van der Waals surface area (Å²) < 4.78 is 13.1. The van der Waals surface area contributed by atoms with Crippen LogP contribution in [0.3, 0.4) is 0 Å². The van der Waals surface area contributed by atoms with Gasteiger partial charge in [0.05, 0.1) is 24.5 Å². The second kappa shape index (κ2) is 14.0. The predicted molar refractivity (Wildman–Crippen MR) is 164 cm³/mol. The molecule has 0 saturated carbocycles. The average Bonchev–Trinajstić information content (AvgIpc) is 3.30. The highest BCUT2D eigenvalue weighted by Gasteiger charge is 2.14. The molecule has 210 valence electrons. The van der Waals surface area contributed by atoms with Crippen molar-refractivity contribution in [3.63, 3.8) is 0 Å². The average molecular weight is 559 g/mol. The molecule has 0 unspecified atom stereocenters. The number of thiophene rings is 1. The Morgan fingerprint density at radius 3 is 2.60 bits per heavy atom. The Morgan fingerprint density at radius 2 is 1.95 bits per heavy atom. The van der Waals surface area contributed by atoms with Crippen LogP contribution in [0, 0.1) is 24.7 Å². The van der Waals surface area contributed by atoms with Gasteiger partial charge >= 0.3 is 5.97 Å². The molecule has 40 heavy (non-hydrogen) atoms. The SMILES string of the molecule is C=C/C(=C\C=C(/C)[C@@H](C#CC)CC(=O)O)OCc1ccc2scc(-c3ccc(OCCC(C)(C)O)cc3C)c2c1. The number of hydrogen-bond acceptors (Lipinski definition) is 5. The van der Waals surface area contributed by atoms with Crippen molar-refractivity contribution in [1.82, 2.24) is 0 Å². The maximum absolute atomic E-state index is 11.2. The highest BCUT2D eigenvalue weighted by atomic mass is 32.1. The van der Waals surface area contributed by atoms with Gasteiger partial charge in [-0.05, 0) is 93.1 Å². The minimum Gasteiger partial charge on any atom is -0.493 e. The first kappa shape index (κ1) is 30.7. The maximum atomic E-state index is 11.2. The second-order valence-electron chi connectivity index (χ2n) is 10.4. The summed E-state index contributed by atoms with van der Waals surface area (Å²) in [6.45, 7) is 13.9. The van der Waals surface area contributed by atoms with E-state index in [1.807, 2.05) is 25.1 Å². The standard InChI is InChI=1S/C34H38O5S/c1-7-9-26(20-33(35)36)23(3)10-12-27(8-2)39-21-25-11-15-32-30(19-25)31(22-40-32)29-14-13-28(18-24(29)4)38-17-16-34(5,6)37/h8,10-15,18-19,22,26,37H,2,16-17,20-21H2,1,3-6H3,(H,35,36)/b23-10+,27-12+/t26-/m0/s1. The number of aryl methyl sites for hydroxylation is 1. The number of rotatable bonds is 13. The molecule has 6 heteroatoms. The van der Waals surface area contributed by atoms with Crippen LogP contribution in [0.25, 0.3) is 21.2 Å². The Hall–Kier alpha value is -3.79. The van der Waals surface area contributed by atoms with Crippen molar-refractivity contribution in [1.29, 1.82) is 0 Å². The third kappa shape index (κ3) is 8.87. The summed E-state index contributed by atoms with van der Waals surface area (Å²) in [5, 5.41) is 22.4. The smallest absolute Gasteiger partial charge is 0.304 e. The molecule has 5 nitrogen and oxygen atoms in total. The van der Waals surface area contributed by atoms with Crippen LogP contribution < -0.4 is 4.74 Å². The van der Waals surface area contributed by atoms with Gasteiger partial charge in [-0.3, -0.25) is 4.79 Å². The fourth-order valence-corrected chi connectivity index (χ4v) is 5.11. The van der Waals surface area contributed by atoms with Crippen molar-refractivity contribution in [2.45, 2.75) is 59.7 Å². The predicted octanol–water partition coefficient (Wildman–Crippen LogP) is 8.06. The van der Waals surface area contributed by atoms with Crippen molar-refractivity contribution in [2.24, 2.45) is 5.92 Å². The Kier molecular flexibility index (Phi) is 10.8. The van der Waals surface area contributed by atoms with Crippen molar-refractivity contribution < 1.29 is 24.5 Å². The number of carboxylic acids is 1. The summed E-state index contributed by atoms with van der Waals surface area (Å²) in [6, 6.07) is 12.5. The van der Waals surface area contributed by atoms with E-state index in [0.29, 0.717) is 25.4 Å². The first-order chi connectivity index (χ1) is 19.0. The van der Waals surface area contributed by atoms with Crippen LogP contribution in [0.1, 0.15) is 51.7 Å². The molecule has 1 aromatic heterocycles. The molecule has 0 spiro atoms. The first-order valence-electron chi connectivity index (χ1n) is 13.2. The van der Waals surface area contributed by atoms with E-state index in [4.69, 9.17) is 14.6 Å². The van der Waals surface area contributed by atoms with E-state index in [-0.39, 0.29) is 12.3 Å². The third-order valence-corrected chi connectivity index (χ3v) is 7.44. The lowest BCUT2D eigenvalue weighted by Crippen LogP contribution is -2.21. The molecule has 2 N–H and O–H groups in total. The summed E-state index contributed by atoms with van der Waals surface area (Å²) in [6.07, 6.45) is 5.81. The van der Waals surface area contributed by atoms with Crippen molar-refractivity contribution in [2.75, 3.05) is 6.61 Å². The maximum Gasteiger partial charge on any atom is 0.304 e. The van der Waals surface area contributed by atoms with Gasteiger partial charge in [-0.15, -0.1) is 17.3 Å². The number of hydrogen-bond donors (Lipinski definition) is 2. The van der Waals surface area contributed by atoms with Crippen LogP contribution in [-0.2, 0) is 16.1 Å². The highest BCUT2D eigenvalue weighted by molar-refractivity contribution is 7.17. The highest BCUT2D eigenvalue weighted by Crippen LogP contribution is 2.37. The largest absolute Gasteiger partial charge is 0.493 e.